The third kappa shape index (κ3) is 2.91. The quantitative estimate of drug-likeness (QED) is 0.816. The number of carbonyl (C=O) groups is 1. The highest BCUT2D eigenvalue weighted by atomic mass is 16.5. The zero-order valence-electron chi connectivity index (χ0n) is 12.0. The lowest BCUT2D eigenvalue weighted by Crippen LogP contribution is -2.25. The van der Waals surface area contributed by atoms with E-state index in [0.29, 0.717) is 23.7 Å². The normalized spacial score (nSPS) is 17.2. The maximum absolute atomic E-state index is 12.4. The van der Waals surface area contributed by atoms with Crippen LogP contribution in [0.25, 0.3) is 0 Å². The lowest BCUT2D eigenvalue weighted by atomic mass is 9.81. The molecule has 0 bridgehead atoms. The molecule has 19 heavy (non-hydrogen) atoms. The molecule has 3 nitrogen and oxygen atoms in total. The van der Waals surface area contributed by atoms with Gasteiger partial charge in [0.15, 0.2) is 11.5 Å². The van der Waals surface area contributed by atoms with Gasteiger partial charge in [-0.15, -0.1) is 0 Å². The molecule has 0 atom stereocenters. The van der Waals surface area contributed by atoms with Gasteiger partial charge in [-0.25, -0.2) is 0 Å². The maximum atomic E-state index is 12.4. The van der Waals surface area contributed by atoms with E-state index < -0.39 is 0 Å². The van der Waals surface area contributed by atoms with Crippen molar-refractivity contribution in [1.82, 2.24) is 0 Å². The molecule has 0 N–H and O–H groups in total. The minimum absolute atomic E-state index is 0.118. The van der Waals surface area contributed by atoms with Gasteiger partial charge in [0.05, 0.1) is 14.2 Å². The fourth-order valence-electron chi connectivity index (χ4n) is 2.82. The summed E-state index contributed by atoms with van der Waals surface area (Å²) in [6, 6.07) is 5.70. The van der Waals surface area contributed by atoms with Crippen LogP contribution in [0.2, 0.25) is 0 Å². The van der Waals surface area contributed by atoms with Crippen LogP contribution in [0, 0.1) is 5.41 Å². The molecule has 2 rings (SSSR count). The average molecular weight is 262 g/mol. The monoisotopic (exact) mass is 262 g/mol. The molecule has 0 heterocycles. The molecule has 0 radical (unpaired) electrons. The summed E-state index contributed by atoms with van der Waals surface area (Å²) in [5.41, 5.74) is 0.878. The predicted octanol–water partition coefficient (Wildman–Crippen LogP) is 3.40. The Balaban J connectivity index is 2.13. The van der Waals surface area contributed by atoms with Gasteiger partial charge in [0, 0.05) is 11.8 Å². The first-order chi connectivity index (χ1) is 9.09. The molecule has 1 aliphatic rings. The van der Waals surface area contributed by atoms with E-state index >= 15 is 0 Å². The Morgan fingerprint density at radius 2 is 1.79 bits per heavy atom. The highest BCUT2D eigenvalue weighted by Crippen LogP contribution is 2.39. The number of hydrogen-bond acceptors (Lipinski definition) is 3. The van der Waals surface area contributed by atoms with Crippen LogP contribution in [-0.4, -0.2) is 20.0 Å². The molecule has 104 valence electrons. The van der Waals surface area contributed by atoms with Gasteiger partial charge in [-0.2, -0.15) is 0 Å². The Labute approximate surface area is 114 Å². The Morgan fingerprint density at radius 3 is 2.37 bits per heavy atom. The largest absolute Gasteiger partial charge is 0.493 e. The highest BCUT2D eigenvalue weighted by Gasteiger charge is 2.35. The first-order valence-corrected chi connectivity index (χ1v) is 6.83. The van der Waals surface area contributed by atoms with Gasteiger partial charge in [-0.05, 0) is 30.5 Å². The first-order valence-electron chi connectivity index (χ1n) is 6.83. The topological polar surface area (TPSA) is 35.5 Å². The van der Waals surface area contributed by atoms with E-state index in [1.54, 1.807) is 14.2 Å². The van der Waals surface area contributed by atoms with Crippen molar-refractivity contribution in [3.63, 3.8) is 0 Å². The van der Waals surface area contributed by atoms with Gasteiger partial charge >= 0.3 is 0 Å². The van der Waals surface area contributed by atoms with Crippen molar-refractivity contribution in [1.29, 1.82) is 0 Å². The number of rotatable bonds is 5. The molecule has 0 aromatic heterocycles. The van der Waals surface area contributed by atoms with E-state index in [-0.39, 0.29) is 5.41 Å². The van der Waals surface area contributed by atoms with Crippen LogP contribution in [0.1, 0.15) is 38.2 Å². The van der Waals surface area contributed by atoms with E-state index in [1.165, 1.54) is 12.8 Å². The van der Waals surface area contributed by atoms with E-state index in [2.05, 4.69) is 6.92 Å². The molecule has 0 saturated heterocycles. The van der Waals surface area contributed by atoms with Crippen molar-refractivity contribution in [2.45, 2.75) is 39.0 Å². The van der Waals surface area contributed by atoms with Crippen molar-refractivity contribution >= 4 is 5.78 Å². The zero-order chi connectivity index (χ0) is 13.9. The summed E-state index contributed by atoms with van der Waals surface area (Å²) in [7, 11) is 3.23. The van der Waals surface area contributed by atoms with E-state index in [0.717, 1.165) is 18.4 Å². The van der Waals surface area contributed by atoms with Gasteiger partial charge in [0.25, 0.3) is 0 Å². The van der Waals surface area contributed by atoms with Crippen LogP contribution in [0.15, 0.2) is 18.2 Å². The second-order valence-corrected chi connectivity index (χ2v) is 5.56. The summed E-state index contributed by atoms with van der Waals surface area (Å²) in [4.78, 5) is 12.4. The predicted molar refractivity (Wildman–Crippen MR) is 74.8 cm³/mol. The molecule has 1 aromatic carbocycles. The highest BCUT2D eigenvalue weighted by molar-refractivity contribution is 5.86. The van der Waals surface area contributed by atoms with Crippen LogP contribution in [-0.2, 0) is 11.2 Å². The summed E-state index contributed by atoms with van der Waals surface area (Å²) >= 11 is 0. The molecular formula is C16H22O3. The number of ketones is 1. The summed E-state index contributed by atoms with van der Waals surface area (Å²) in [5, 5.41) is 0. The van der Waals surface area contributed by atoms with Crippen molar-refractivity contribution in [3.05, 3.63) is 23.8 Å². The van der Waals surface area contributed by atoms with Crippen LogP contribution in [0.4, 0.5) is 0 Å². The number of hydrogen-bond donors (Lipinski definition) is 0. The summed E-state index contributed by atoms with van der Waals surface area (Å²) < 4.78 is 10.5. The van der Waals surface area contributed by atoms with Gasteiger partial charge in [-0.3, -0.25) is 4.79 Å². The average Bonchev–Trinajstić information content (AvgIpc) is 2.87. The minimum Gasteiger partial charge on any atom is -0.493 e. The fourth-order valence-corrected chi connectivity index (χ4v) is 2.82. The van der Waals surface area contributed by atoms with Gasteiger partial charge in [-0.1, -0.05) is 25.8 Å². The van der Waals surface area contributed by atoms with Crippen molar-refractivity contribution < 1.29 is 14.3 Å². The van der Waals surface area contributed by atoms with Crippen molar-refractivity contribution in [3.8, 4) is 11.5 Å². The third-order valence-electron chi connectivity index (χ3n) is 4.19. The number of benzene rings is 1. The second kappa shape index (κ2) is 5.64. The van der Waals surface area contributed by atoms with Crippen LogP contribution < -0.4 is 9.47 Å². The molecular weight excluding hydrogens is 240 g/mol. The summed E-state index contributed by atoms with van der Waals surface area (Å²) in [5.74, 6) is 1.73. The Morgan fingerprint density at radius 1 is 1.16 bits per heavy atom. The molecule has 0 aliphatic heterocycles. The van der Waals surface area contributed by atoms with Gasteiger partial charge in [0.1, 0.15) is 5.78 Å². The Kier molecular flexibility index (Phi) is 4.13. The van der Waals surface area contributed by atoms with Crippen LogP contribution >= 0.6 is 0 Å². The number of carbonyl (C=O) groups excluding carboxylic acids is 1. The minimum atomic E-state index is -0.118. The van der Waals surface area contributed by atoms with Gasteiger partial charge < -0.3 is 9.47 Å². The molecule has 1 saturated carbocycles. The van der Waals surface area contributed by atoms with Crippen LogP contribution in [0.3, 0.4) is 0 Å². The van der Waals surface area contributed by atoms with Gasteiger partial charge in [0.2, 0.25) is 0 Å². The van der Waals surface area contributed by atoms with Crippen LogP contribution in [0.5, 0.6) is 11.5 Å². The lowest BCUT2D eigenvalue weighted by molar-refractivity contribution is -0.126. The smallest absolute Gasteiger partial charge is 0.161 e. The molecule has 1 aromatic rings. The van der Waals surface area contributed by atoms with Crippen molar-refractivity contribution in [2.24, 2.45) is 5.41 Å². The molecule has 1 fully saturated rings. The molecule has 3 heteroatoms. The standard InChI is InChI=1S/C16H22O3/c1-16(8-4-5-9-16)15(17)11-12-6-7-13(18-2)14(10-12)19-3/h6-7,10H,4-5,8-9,11H2,1-3H3. The molecule has 1 aliphatic carbocycles. The summed E-state index contributed by atoms with van der Waals surface area (Å²) in [6.07, 6.45) is 4.89. The Bertz CT molecular complexity index is 459. The number of methoxy groups -OCH3 is 2. The van der Waals surface area contributed by atoms with E-state index in [1.807, 2.05) is 18.2 Å². The zero-order valence-corrected chi connectivity index (χ0v) is 12.0. The number of Topliss-reactive ketones (excluding diaryl/α,β-unsaturated/α-hetero) is 1. The molecule has 0 unspecified atom stereocenters. The second-order valence-electron chi connectivity index (χ2n) is 5.56. The maximum Gasteiger partial charge on any atom is 0.161 e. The summed E-state index contributed by atoms with van der Waals surface area (Å²) in [6.45, 7) is 2.10. The van der Waals surface area contributed by atoms with E-state index in [9.17, 15) is 4.79 Å². The number of ether oxygens (including phenoxy) is 2. The SMILES string of the molecule is COc1ccc(CC(=O)C2(C)CCCC2)cc1OC. The fraction of sp³-hybridized carbons (Fsp3) is 0.562. The molecule has 0 spiro atoms. The van der Waals surface area contributed by atoms with E-state index in [4.69, 9.17) is 9.47 Å². The van der Waals surface area contributed by atoms with Crippen molar-refractivity contribution in [2.75, 3.05) is 14.2 Å². The third-order valence-corrected chi connectivity index (χ3v) is 4.19. The first kappa shape index (κ1) is 13.9. The molecule has 0 amide bonds. The lowest BCUT2D eigenvalue weighted by Gasteiger charge is -2.21. The Hall–Kier alpha value is -1.51.